The van der Waals surface area contributed by atoms with Gasteiger partial charge in [0.2, 0.25) is 0 Å². The van der Waals surface area contributed by atoms with E-state index in [2.05, 4.69) is 38.2 Å². The Hall–Kier alpha value is -1.10. The smallest absolute Gasteiger partial charge is 0.118 e. The molecule has 1 atom stereocenters. The number of benzene rings is 1. The Morgan fingerprint density at radius 3 is 2.18 bits per heavy atom. The van der Waals surface area contributed by atoms with Gasteiger partial charge in [-0.15, -0.1) is 0 Å². The highest BCUT2D eigenvalue weighted by Crippen LogP contribution is 2.17. The van der Waals surface area contributed by atoms with Crippen LogP contribution in [0.15, 0.2) is 24.3 Å². The minimum absolute atomic E-state index is 0.0899. The van der Waals surface area contributed by atoms with Gasteiger partial charge < -0.3 is 19.9 Å². The number of aliphatic hydroxyl groups excluding tert-OH is 1. The molecule has 0 radical (unpaired) electrons. The van der Waals surface area contributed by atoms with Gasteiger partial charge in [0, 0.05) is 18.7 Å². The standard InChI is InChI=1S/C24H43NO3/c1-5-6-7-8-9-10-11-12-17-28-20-22(26)19-25-24(2,3)18-21-13-15-23(27-4)16-14-21/h13-16,22,25-26H,5-12,17-20H2,1-4H3. The lowest BCUT2D eigenvalue weighted by Gasteiger charge is -2.28. The van der Waals surface area contributed by atoms with Crippen molar-refractivity contribution in [1.29, 1.82) is 0 Å². The Labute approximate surface area is 173 Å². The molecule has 28 heavy (non-hydrogen) atoms. The number of hydrogen-bond acceptors (Lipinski definition) is 4. The van der Waals surface area contributed by atoms with Crippen molar-refractivity contribution < 1.29 is 14.6 Å². The molecular weight excluding hydrogens is 350 g/mol. The average Bonchev–Trinajstić information content (AvgIpc) is 2.68. The van der Waals surface area contributed by atoms with Crippen LogP contribution in [-0.4, -0.2) is 43.6 Å². The highest BCUT2D eigenvalue weighted by molar-refractivity contribution is 5.28. The maximum Gasteiger partial charge on any atom is 0.118 e. The van der Waals surface area contributed by atoms with Crippen LogP contribution in [0.25, 0.3) is 0 Å². The summed E-state index contributed by atoms with van der Waals surface area (Å²) in [7, 11) is 1.68. The van der Waals surface area contributed by atoms with Crippen LogP contribution in [0.3, 0.4) is 0 Å². The second kappa shape index (κ2) is 14.8. The zero-order valence-corrected chi connectivity index (χ0v) is 18.6. The molecule has 4 nitrogen and oxygen atoms in total. The third-order valence-corrected chi connectivity index (χ3v) is 5.07. The van der Waals surface area contributed by atoms with E-state index in [0.29, 0.717) is 13.2 Å². The molecule has 0 bridgehead atoms. The molecule has 1 rings (SSSR count). The fourth-order valence-corrected chi connectivity index (χ4v) is 3.33. The molecule has 0 heterocycles. The lowest BCUT2D eigenvalue weighted by molar-refractivity contribution is 0.0321. The maximum atomic E-state index is 10.2. The summed E-state index contributed by atoms with van der Waals surface area (Å²) >= 11 is 0. The molecule has 1 unspecified atom stereocenters. The van der Waals surface area contributed by atoms with Gasteiger partial charge in [-0.05, 0) is 44.4 Å². The predicted molar refractivity (Wildman–Crippen MR) is 118 cm³/mol. The van der Waals surface area contributed by atoms with E-state index >= 15 is 0 Å². The van der Waals surface area contributed by atoms with Gasteiger partial charge in [-0.3, -0.25) is 0 Å². The third kappa shape index (κ3) is 12.4. The molecule has 0 saturated carbocycles. The normalized spacial score (nSPS) is 12.9. The van der Waals surface area contributed by atoms with Gasteiger partial charge >= 0.3 is 0 Å². The second-order valence-corrected chi connectivity index (χ2v) is 8.49. The number of methoxy groups -OCH3 is 1. The van der Waals surface area contributed by atoms with E-state index in [1.54, 1.807) is 7.11 Å². The lowest BCUT2D eigenvalue weighted by atomic mass is 9.94. The third-order valence-electron chi connectivity index (χ3n) is 5.07. The summed E-state index contributed by atoms with van der Waals surface area (Å²) < 4.78 is 10.8. The first kappa shape index (κ1) is 24.9. The minimum atomic E-state index is -0.468. The topological polar surface area (TPSA) is 50.7 Å². The summed E-state index contributed by atoms with van der Waals surface area (Å²) in [5, 5.41) is 13.6. The van der Waals surface area contributed by atoms with Crippen molar-refractivity contribution in [3.63, 3.8) is 0 Å². The fourth-order valence-electron chi connectivity index (χ4n) is 3.33. The van der Waals surface area contributed by atoms with Crippen LogP contribution in [0.1, 0.15) is 77.7 Å². The lowest BCUT2D eigenvalue weighted by Crippen LogP contribution is -2.46. The van der Waals surface area contributed by atoms with E-state index in [1.807, 2.05) is 12.1 Å². The van der Waals surface area contributed by atoms with Crippen LogP contribution < -0.4 is 10.1 Å². The van der Waals surface area contributed by atoms with E-state index in [4.69, 9.17) is 9.47 Å². The number of rotatable bonds is 17. The fraction of sp³-hybridized carbons (Fsp3) is 0.750. The molecule has 0 saturated heterocycles. The van der Waals surface area contributed by atoms with Gasteiger partial charge in [0.25, 0.3) is 0 Å². The Morgan fingerprint density at radius 1 is 0.964 bits per heavy atom. The van der Waals surface area contributed by atoms with Crippen LogP contribution in [-0.2, 0) is 11.2 Å². The molecule has 0 aromatic heterocycles. The molecule has 0 spiro atoms. The van der Waals surface area contributed by atoms with Gasteiger partial charge in [-0.2, -0.15) is 0 Å². The molecule has 0 amide bonds. The highest BCUT2D eigenvalue weighted by Gasteiger charge is 2.19. The zero-order valence-electron chi connectivity index (χ0n) is 18.6. The first-order valence-corrected chi connectivity index (χ1v) is 11.1. The van der Waals surface area contributed by atoms with E-state index < -0.39 is 6.10 Å². The zero-order chi connectivity index (χ0) is 20.7. The summed E-state index contributed by atoms with van der Waals surface area (Å²) in [4.78, 5) is 0. The first-order valence-electron chi connectivity index (χ1n) is 11.1. The molecule has 0 aliphatic carbocycles. The monoisotopic (exact) mass is 393 g/mol. The van der Waals surface area contributed by atoms with Crippen molar-refractivity contribution in [1.82, 2.24) is 5.32 Å². The van der Waals surface area contributed by atoms with Crippen molar-refractivity contribution in [2.45, 2.75) is 90.2 Å². The summed E-state index contributed by atoms with van der Waals surface area (Å²) in [6.07, 6.45) is 10.8. The van der Waals surface area contributed by atoms with Gasteiger partial charge in [-0.1, -0.05) is 64.0 Å². The number of hydrogen-bond donors (Lipinski definition) is 2. The molecular formula is C24H43NO3. The van der Waals surface area contributed by atoms with Gasteiger partial charge in [-0.25, -0.2) is 0 Å². The van der Waals surface area contributed by atoms with Crippen molar-refractivity contribution in [2.75, 3.05) is 26.9 Å². The quantitative estimate of drug-likeness (QED) is 0.361. The van der Waals surface area contributed by atoms with E-state index in [9.17, 15) is 5.11 Å². The summed E-state index contributed by atoms with van der Waals surface area (Å²) in [6.45, 7) is 8.27. The van der Waals surface area contributed by atoms with Crippen LogP contribution in [0.2, 0.25) is 0 Å². The number of β-amino-alcohol motifs (C(OH)–C–C–N with tert-alkyl or cyclic N) is 1. The highest BCUT2D eigenvalue weighted by atomic mass is 16.5. The molecule has 1 aromatic rings. The SMILES string of the molecule is CCCCCCCCCCOCC(O)CNC(C)(C)Cc1ccc(OC)cc1. The molecule has 162 valence electrons. The molecule has 4 heteroatoms. The number of unbranched alkanes of at least 4 members (excludes halogenated alkanes) is 7. The molecule has 0 aliphatic rings. The van der Waals surface area contributed by atoms with E-state index in [1.165, 1.54) is 50.5 Å². The maximum absolute atomic E-state index is 10.2. The Bertz CT molecular complexity index is 487. The molecule has 0 aliphatic heterocycles. The number of aliphatic hydroxyl groups is 1. The second-order valence-electron chi connectivity index (χ2n) is 8.49. The van der Waals surface area contributed by atoms with Crippen LogP contribution in [0, 0.1) is 0 Å². The Kier molecular flexibility index (Phi) is 13.2. The Balaban J connectivity index is 2.07. The van der Waals surface area contributed by atoms with Crippen molar-refractivity contribution >= 4 is 0 Å². The summed E-state index contributed by atoms with van der Waals surface area (Å²) in [5.41, 5.74) is 1.16. The van der Waals surface area contributed by atoms with Crippen LogP contribution in [0.4, 0.5) is 0 Å². The average molecular weight is 394 g/mol. The molecule has 2 N–H and O–H groups in total. The predicted octanol–water partition coefficient (Wildman–Crippen LogP) is 5.12. The Morgan fingerprint density at radius 2 is 1.57 bits per heavy atom. The number of nitrogens with one attached hydrogen (secondary N) is 1. The van der Waals surface area contributed by atoms with Crippen molar-refractivity contribution in [2.24, 2.45) is 0 Å². The van der Waals surface area contributed by atoms with Crippen LogP contribution in [0.5, 0.6) is 5.75 Å². The van der Waals surface area contributed by atoms with Crippen LogP contribution >= 0.6 is 0 Å². The van der Waals surface area contributed by atoms with Gasteiger partial charge in [0.15, 0.2) is 0 Å². The first-order chi connectivity index (χ1) is 13.5. The van der Waals surface area contributed by atoms with E-state index in [-0.39, 0.29) is 5.54 Å². The largest absolute Gasteiger partial charge is 0.497 e. The molecule has 1 aromatic carbocycles. The van der Waals surface area contributed by atoms with Gasteiger partial charge in [0.05, 0.1) is 19.8 Å². The van der Waals surface area contributed by atoms with Crippen molar-refractivity contribution in [3.05, 3.63) is 29.8 Å². The van der Waals surface area contributed by atoms with E-state index in [0.717, 1.165) is 25.2 Å². The van der Waals surface area contributed by atoms with Crippen molar-refractivity contribution in [3.8, 4) is 5.75 Å². The summed E-state index contributed by atoms with van der Waals surface area (Å²) in [5.74, 6) is 0.874. The van der Waals surface area contributed by atoms with Gasteiger partial charge in [0.1, 0.15) is 5.75 Å². The summed E-state index contributed by atoms with van der Waals surface area (Å²) in [6, 6.07) is 8.15. The number of ether oxygens (including phenoxy) is 2. The molecule has 0 fully saturated rings. The minimum Gasteiger partial charge on any atom is -0.497 e.